The Morgan fingerprint density at radius 2 is 2.20 bits per heavy atom. The zero-order valence-electron chi connectivity index (χ0n) is 12.2. The number of hydrogen-bond acceptors (Lipinski definition) is 7. The van der Waals surface area contributed by atoms with Crippen LogP contribution in [-0.4, -0.2) is 32.2 Å². The van der Waals surface area contributed by atoms with E-state index in [1.165, 1.54) is 0 Å². The van der Waals surface area contributed by atoms with E-state index in [1.54, 1.807) is 18.0 Å². The van der Waals surface area contributed by atoms with Crippen LogP contribution in [0.2, 0.25) is 0 Å². The summed E-state index contributed by atoms with van der Waals surface area (Å²) in [5, 5.41) is 11.8. The smallest absolute Gasteiger partial charge is 0.248 e. The lowest BCUT2D eigenvalue weighted by Gasteiger charge is -2.26. The summed E-state index contributed by atoms with van der Waals surface area (Å²) < 4.78 is 12.3. The second-order valence-corrected chi connectivity index (χ2v) is 5.64. The van der Waals surface area contributed by atoms with E-state index in [0.717, 1.165) is 0 Å². The molecule has 0 spiro atoms. The van der Waals surface area contributed by atoms with Gasteiger partial charge in [-0.3, -0.25) is 0 Å². The Kier molecular flexibility index (Phi) is 4.15. The minimum Gasteiger partial charge on any atom is -0.373 e. The Labute approximate surface area is 117 Å². The van der Waals surface area contributed by atoms with Crippen molar-refractivity contribution in [3.05, 3.63) is 23.6 Å². The van der Waals surface area contributed by atoms with Crippen molar-refractivity contribution in [1.82, 2.24) is 25.1 Å². The number of rotatable bonds is 5. The van der Waals surface area contributed by atoms with Gasteiger partial charge in [0.2, 0.25) is 11.7 Å². The molecule has 1 atom stereocenters. The second-order valence-electron chi connectivity index (χ2n) is 5.64. The highest BCUT2D eigenvalue weighted by atomic mass is 16.5. The maximum absolute atomic E-state index is 5.48. The summed E-state index contributed by atoms with van der Waals surface area (Å²) in [6.45, 7) is 6.89. The predicted octanol–water partition coefficient (Wildman–Crippen LogP) is 0.902. The van der Waals surface area contributed by atoms with Crippen LogP contribution in [0.3, 0.4) is 0 Å². The van der Waals surface area contributed by atoms with Crippen LogP contribution < -0.4 is 5.73 Å². The molecule has 0 bridgehead atoms. The SMILES string of the molecule is COC(c1noc(Cn2cc(CN)nn2)n1)C(C)(C)C. The fraction of sp³-hybridized carbons (Fsp3) is 0.667. The van der Waals surface area contributed by atoms with Gasteiger partial charge in [-0.2, -0.15) is 4.98 Å². The monoisotopic (exact) mass is 280 g/mol. The molecule has 0 aliphatic heterocycles. The van der Waals surface area contributed by atoms with E-state index in [1.807, 2.05) is 0 Å². The molecule has 0 aromatic carbocycles. The zero-order valence-corrected chi connectivity index (χ0v) is 12.2. The molecule has 1 unspecified atom stereocenters. The minimum absolute atomic E-state index is 0.115. The van der Waals surface area contributed by atoms with Crippen LogP contribution in [0.15, 0.2) is 10.7 Å². The number of methoxy groups -OCH3 is 1. The summed E-state index contributed by atoms with van der Waals surface area (Å²) in [7, 11) is 1.64. The first-order chi connectivity index (χ1) is 9.44. The van der Waals surface area contributed by atoms with Gasteiger partial charge in [-0.25, -0.2) is 4.68 Å². The molecule has 20 heavy (non-hydrogen) atoms. The fourth-order valence-corrected chi connectivity index (χ4v) is 1.93. The Hall–Kier alpha value is -1.80. The Balaban J connectivity index is 2.12. The molecular weight excluding hydrogens is 260 g/mol. The largest absolute Gasteiger partial charge is 0.373 e. The molecule has 2 heterocycles. The van der Waals surface area contributed by atoms with Crippen LogP contribution in [0.5, 0.6) is 0 Å². The van der Waals surface area contributed by atoms with E-state index in [0.29, 0.717) is 30.5 Å². The van der Waals surface area contributed by atoms with E-state index < -0.39 is 0 Å². The van der Waals surface area contributed by atoms with Crippen LogP contribution in [0.1, 0.15) is 44.3 Å². The third-order valence-electron chi connectivity index (χ3n) is 2.83. The molecule has 0 amide bonds. The first kappa shape index (κ1) is 14.6. The van der Waals surface area contributed by atoms with Crippen molar-refractivity contribution in [2.75, 3.05) is 7.11 Å². The van der Waals surface area contributed by atoms with Gasteiger partial charge in [-0.15, -0.1) is 5.10 Å². The molecule has 0 saturated carbocycles. The second kappa shape index (κ2) is 5.68. The van der Waals surface area contributed by atoms with E-state index in [4.69, 9.17) is 15.0 Å². The summed E-state index contributed by atoms with van der Waals surface area (Å²) in [4.78, 5) is 4.36. The molecule has 0 aliphatic rings. The number of ether oxygens (including phenoxy) is 1. The van der Waals surface area contributed by atoms with Crippen molar-refractivity contribution in [3.63, 3.8) is 0 Å². The molecule has 110 valence electrons. The lowest BCUT2D eigenvalue weighted by molar-refractivity contribution is 0.00718. The maximum atomic E-state index is 5.48. The predicted molar refractivity (Wildman–Crippen MR) is 70.5 cm³/mol. The summed E-state index contributed by atoms with van der Waals surface area (Å²) in [5.41, 5.74) is 6.08. The lowest BCUT2D eigenvalue weighted by atomic mass is 9.88. The third-order valence-corrected chi connectivity index (χ3v) is 2.83. The van der Waals surface area contributed by atoms with E-state index in [9.17, 15) is 0 Å². The highest BCUT2D eigenvalue weighted by Crippen LogP contribution is 2.33. The molecular formula is C12H20N6O2. The van der Waals surface area contributed by atoms with Gasteiger partial charge >= 0.3 is 0 Å². The van der Waals surface area contributed by atoms with Crippen LogP contribution in [0, 0.1) is 5.41 Å². The summed E-state index contributed by atoms with van der Waals surface area (Å²) in [6.07, 6.45) is 1.52. The molecule has 2 rings (SSSR count). The average molecular weight is 280 g/mol. The Morgan fingerprint density at radius 3 is 2.75 bits per heavy atom. The molecule has 0 fully saturated rings. The van der Waals surface area contributed by atoms with Crippen molar-refractivity contribution >= 4 is 0 Å². The summed E-state index contributed by atoms with van der Waals surface area (Å²) in [6, 6.07) is 0. The molecule has 2 N–H and O–H groups in total. The van der Waals surface area contributed by atoms with Gasteiger partial charge in [-0.1, -0.05) is 31.1 Å². The quantitative estimate of drug-likeness (QED) is 0.867. The normalized spacial score (nSPS) is 13.7. The highest BCUT2D eigenvalue weighted by molar-refractivity contribution is 4.97. The lowest BCUT2D eigenvalue weighted by Crippen LogP contribution is -2.21. The Morgan fingerprint density at radius 1 is 1.45 bits per heavy atom. The van der Waals surface area contributed by atoms with Gasteiger partial charge in [0, 0.05) is 13.7 Å². The van der Waals surface area contributed by atoms with Crippen molar-refractivity contribution < 1.29 is 9.26 Å². The van der Waals surface area contributed by atoms with Gasteiger partial charge in [-0.05, 0) is 5.41 Å². The van der Waals surface area contributed by atoms with Crippen LogP contribution in [0.4, 0.5) is 0 Å². The summed E-state index contributed by atoms with van der Waals surface area (Å²) in [5.74, 6) is 0.994. The van der Waals surface area contributed by atoms with Gasteiger partial charge in [0.05, 0.1) is 11.9 Å². The minimum atomic E-state index is -0.227. The van der Waals surface area contributed by atoms with Crippen LogP contribution in [-0.2, 0) is 17.8 Å². The van der Waals surface area contributed by atoms with E-state index >= 15 is 0 Å². The van der Waals surface area contributed by atoms with Gasteiger partial charge in [0.15, 0.2) is 0 Å². The highest BCUT2D eigenvalue weighted by Gasteiger charge is 2.30. The number of aromatic nitrogens is 5. The van der Waals surface area contributed by atoms with Crippen molar-refractivity contribution in [2.24, 2.45) is 11.1 Å². The topological polar surface area (TPSA) is 105 Å². The number of nitrogens with zero attached hydrogens (tertiary/aromatic N) is 5. The van der Waals surface area contributed by atoms with Gasteiger partial charge in [0.1, 0.15) is 12.6 Å². The van der Waals surface area contributed by atoms with E-state index in [2.05, 4.69) is 41.2 Å². The van der Waals surface area contributed by atoms with Gasteiger partial charge < -0.3 is 15.0 Å². The molecule has 0 saturated heterocycles. The molecule has 0 aliphatic carbocycles. The number of hydrogen-bond donors (Lipinski definition) is 1. The average Bonchev–Trinajstić information content (AvgIpc) is 2.98. The molecule has 0 radical (unpaired) electrons. The molecule has 2 aromatic heterocycles. The zero-order chi connectivity index (χ0) is 14.8. The van der Waals surface area contributed by atoms with Gasteiger partial charge in [0.25, 0.3) is 0 Å². The molecule has 2 aromatic rings. The summed E-state index contributed by atoms with van der Waals surface area (Å²) >= 11 is 0. The van der Waals surface area contributed by atoms with Crippen LogP contribution in [0.25, 0.3) is 0 Å². The Bertz CT molecular complexity index is 556. The fourth-order valence-electron chi connectivity index (χ4n) is 1.93. The van der Waals surface area contributed by atoms with E-state index in [-0.39, 0.29) is 11.5 Å². The van der Waals surface area contributed by atoms with Crippen molar-refractivity contribution in [1.29, 1.82) is 0 Å². The first-order valence-electron chi connectivity index (χ1n) is 6.38. The number of nitrogens with two attached hydrogens (primary N) is 1. The molecule has 8 heteroatoms. The molecule has 8 nitrogen and oxygen atoms in total. The first-order valence-corrected chi connectivity index (χ1v) is 6.38. The van der Waals surface area contributed by atoms with Crippen molar-refractivity contribution in [3.8, 4) is 0 Å². The van der Waals surface area contributed by atoms with Crippen molar-refractivity contribution in [2.45, 2.75) is 40.0 Å². The van der Waals surface area contributed by atoms with Crippen LogP contribution >= 0.6 is 0 Å². The maximum Gasteiger partial charge on any atom is 0.248 e. The third kappa shape index (κ3) is 3.20. The standard InChI is InChI=1S/C12H20N6O2/c1-12(2,3)10(19-4)11-14-9(20-16-11)7-18-6-8(5-13)15-17-18/h6,10H,5,7,13H2,1-4H3.